The number of rotatable bonds is 13. The Morgan fingerprint density at radius 3 is 1.94 bits per heavy atom. The molecule has 0 fully saturated rings. The van der Waals surface area contributed by atoms with Crippen molar-refractivity contribution in [3.05, 3.63) is 83.6 Å². The van der Waals surface area contributed by atoms with Crippen LogP contribution in [0.3, 0.4) is 0 Å². The molecule has 1 aromatic heterocycles. The standard InChI is InChI=1S/C28H24ClN7O12S4/c1-16-12-19(6-9-24(16)36-35-20-3-2-17-13-22(50(39,40)41)15-25(23(17)14-20)51(42,43)44)31-28-33-26(29)32-27(34-28)30-18-4-7-21(8-5-18)49(37,38)11-10-48-52(45,46)47/h2-9,12-15H,10-11H2,1H3,(H,39,40,41)(H,42,43,44)(H,45,46,47)(H2,30,31,32,33,34). The van der Waals surface area contributed by atoms with E-state index in [4.69, 9.17) is 16.2 Å². The number of halogens is 1. The topological polar surface area (TPSA) is 294 Å². The number of sulfone groups is 1. The number of hydrogen-bond acceptors (Lipinski definition) is 16. The van der Waals surface area contributed by atoms with Gasteiger partial charge in [0.25, 0.3) is 20.2 Å². The number of azo groups is 1. The number of fused-ring (bicyclic) bond motifs is 1. The van der Waals surface area contributed by atoms with Crippen LogP contribution >= 0.6 is 11.6 Å². The highest BCUT2D eigenvalue weighted by Crippen LogP contribution is 2.32. The van der Waals surface area contributed by atoms with E-state index in [0.717, 1.165) is 6.07 Å². The Kier molecular flexibility index (Phi) is 10.9. The zero-order valence-corrected chi connectivity index (χ0v) is 30.1. The predicted octanol–water partition coefficient (Wildman–Crippen LogP) is 4.98. The summed E-state index contributed by atoms with van der Waals surface area (Å²) in [7, 11) is -18.4. The van der Waals surface area contributed by atoms with Crippen molar-refractivity contribution in [1.29, 1.82) is 0 Å². The van der Waals surface area contributed by atoms with Gasteiger partial charge in [-0.2, -0.15) is 50.4 Å². The quantitative estimate of drug-likeness (QED) is 0.0773. The number of hydrogen-bond donors (Lipinski definition) is 5. The molecule has 19 nitrogen and oxygen atoms in total. The first-order valence-corrected chi connectivity index (χ1v) is 20.4. The van der Waals surface area contributed by atoms with Gasteiger partial charge < -0.3 is 10.6 Å². The average molecular weight is 814 g/mol. The van der Waals surface area contributed by atoms with Crippen molar-refractivity contribution >= 4 is 97.5 Å². The summed E-state index contributed by atoms with van der Waals surface area (Å²) in [5, 5.41) is 14.0. The van der Waals surface area contributed by atoms with Crippen molar-refractivity contribution < 1.29 is 51.5 Å². The maximum atomic E-state index is 12.4. The molecule has 24 heteroatoms. The Balaban J connectivity index is 1.29. The van der Waals surface area contributed by atoms with E-state index in [2.05, 4.69) is 40.0 Å². The minimum Gasteiger partial charge on any atom is -0.324 e. The van der Waals surface area contributed by atoms with Gasteiger partial charge >= 0.3 is 10.4 Å². The van der Waals surface area contributed by atoms with Crippen LogP contribution < -0.4 is 10.6 Å². The highest BCUT2D eigenvalue weighted by Gasteiger charge is 2.21. The molecule has 5 N–H and O–H groups in total. The fraction of sp³-hybridized carbons (Fsp3) is 0.107. The lowest BCUT2D eigenvalue weighted by molar-refractivity contribution is 0.284. The Hall–Kier alpha value is -4.72. The summed E-state index contributed by atoms with van der Waals surface area (Å²) in [6, 6.07) is 16.0. The average Bonchev–Trinajstić information content (AvgIpc) is 3.02. The summed E-state index contributed by atoms with van der Waals surface area (Å²) >= 11 is 6.10. The van der Waals surface area contributed by atoms with Gasteiger partial charge in [0.15, 0.2) is 9.84 Å². The number of aryl methyl sites for hydroxylation is 1. The lowest BCUT2D eigenvalue weighted by atomic mass is 10.1. The van der Waals surface area contributed by atoms with Crippen molar-refractivity contribution in [2.75, 3.05) is 23.0 Å². The number of anilines is 4. The third kappa shape index (κ3) is 9.99. The molecule has 1 heterocycles. The van der Waals surface area contributed by atoms with Crippen molar-refractivity contribution in [2.45, 2.75) is 21.6 Å². The zero-order chi connectivity index (χ0) is 38.1. The van der Waals surface area contributed by atoms with E-state index in [9.17, 15) is 42.8 Å². The maximum Gasteiger partial charge on any atom is 0.397 e. The highest BCUT2D eigenvalue weighted by molar-refractivity contribution is 7.91. The number of nitrogens with zero attached hydrogens (tertiary/aromatic N) is 5. The van der Waals surface area contributed by atoms with Crippen molar-refractivity contribution in [3.63, 3.8) is 0 Å². The van der Waals surface area contributed by atoms with Crippen LogP contribution in [-0.2, 0) is 44.7 Å². The highest BCUT2D eigenvalue weighted by atomic mass is 35.5. The van der Waals surface area contributed by atoms with Gasteiger partial charge in [-0.1, -0.05) is 6.07 Å². The van der Waals surface area contributed by atoms with Crippen LogP contribution in [0.1, 0.15) is 5.56 Å². The molecule has 0 saturated heterocycles. The molecule has 0 aliphatic carbocycles. The molecule has 0 atom stereocenters. The van der Waals surface area contributed by atoms with Gasteiger partial charge in [0, 0.05) is 16.8 Å². The van der Waals surface area contributed by atoms with Crippen molar-refractivity contribution in [2.24, 2.45) is 10.2 Å². The number of benzene rings is 4. The van der Waals surface area contributed by atoms with Gasteiger partial charge in [0.2, 0.25) is 17.2 Å². The van der Waals surface area contributed by atoms with Gasteiger partial charge in [0.1, 0.15) is 4.90 Å². The molecule has 5 aromatic rings. The third-order valence-electron chi connectivity index (χ3n) is 6.84. The molecule has 0 unspecified atom stereocenters. The Morgan fingerprint density at radius 2 is 1.35 bits per heavy atom. The minimum atomic E-state index is -4.89. The third-order valence-corrected chi connectivity index (χ3v) is 10.9. The summed E-state index contributed by atoms with van der Waals surface area (Å²) in [5.41, 5.74) is 2.09. The summed E-state index contributed by atoms with van der Waals surface area (Å²) in [5.74, 6) is -0.655. The fourth-order valence-corrected chi connectivity index (χ4v) is 7.50. The lowest BCUT2D eigenvalue weighted by Crippen LogP contribution is -2.15. The molecule has 0 bridgehead atoms. The monoisotopic (exact) mass is 813 g/mol. The van der Waals surface area contributed by atoms with Gasteiger partial charge in [-0.05, 0) is 96.2 Å². The maximum absolute atomic E-state index is 12.4. The Morgan fingerprint density at radius 1 is 0.712 bits per heavy atom. The molecular formula is C28H24ClN7O12S4. The van der Waals surface area contributed by atoms with E-state index < -0.39 is 62.6 Å². The summed E-state index contributed by atoms with van der Waals surface area (Å²) in [6.45, 7) is 0.957. The van der Waals surface area contributed by atoms with Crippen LogP contribution in [0.25, 0.3) is 10.8 Å². The molecule has 0 amide bonds. The SMILES string of the molecule is Cc1cc(Nc2nc(Cl)nc(Nc3ccc(S(=O)(=O)CCOS(=O)(=O)O)cc3)n2)ccc1N=Nc1ccc2cc(S(=O)(=O)O)cc(S(=O)(=O)O)c2c1. The number of nitrogens with one attached hydrogen (secondary N) is 2. The molecule has 5 rings (SSSR count). The summed E-state index contributed by atoms with van der Waals surface area (Å²) in [4.78, 5) is 10.7. The van der Waals surface area contributed by atoms with Crippen LogP contribution in [0.2, 0.25) is 5.28 Å². The second kappa shape index (κ2) is 14.7. The smallest absolute Gasteiger partial charge is 0.324 e. The predicted molar refractivity (Wildman–Crippen MR) is 186 cm³/mol. The second-order valence-electron chi connectivity index (χ2n) is 10.6. The van der Waals surface area contributed by atoms with Crippen LogP contribution in [0.15, 0.2) is 97.7 Å². The second-order valence-corrected chi connectivity index (χ2v) is 16.9. The van der Waals surface area contributed by atoms with Crippen molar-refractivity contribution in [3.8, 4) is 0 Å². The molecule has 0 radical (unpaired) electrons. The Labute approximate surface area is 301 Å². The largest absolute Gasteiger partial charge is 0.397 e. The molecule has 52 heavy (non-hydrogen) atoms. The molecule has 0 saturated carbocycles. The van der Waals surface area contributed by atoms with Crippen LogP contribution in [0, 0.1) is 6.92 Å². The Bertz CT molecular complexity index is 2680. The van der Waals surface area contributed by atoms with Crippen LogP contribution in [0.5, 0.6) is 0 Å². The zero-order valence-electron chi connectivity index (χ0n) is 26.1. The molecule has 4 aromatic carbocycles. The van der Waals surface area contributed by atoms with E-state index in [-0.39, 0.29) is 38.5 Å². The van der Waals surface area contributed by atoms with Crippen molar-refractivity contribution in [1.82, 2.24) is 15.0 Å². The molecular weight excluding hydrogens is 790 g/mol. The lowest BCUT2D eigenvalue weighted by Gasteiger charge is -2.10. The van der Waals surface area contributed by atoms with E-state index in [1.165, 1.54) is 42.5 Å². The molecule has 0 spiro atoms. The van der Waals surface area contributed by atoms with Gasteiger partial charge in [-0.15, -0.1) is 0 Å². The van der Waals surface area contributed by atoms with E-state index in [1.807, 2.05) is 0 Å². The fourth-order valence-electron chi connectivity index (χ4n) is 4.50. The summed E-state index contributed by atoms with van der Waals surface area (Å²) in [6.07, 6.45) is 0. The van der Waals surface area contributed by atoms with Gasteiger partial charge in [-0.25, -0.2) is 12.6 Å². The first-order chi connectivity index (χ1) is 24.2. The van der Waals surface area contributed by atoms with E-state index in [1.54, 1.807) is 25.1 Å². The molecule has 0 aliphatic rings. The van der Waals surface area contributed by atoms with Gasteiger partial charge in [0.05, 0.1) is 33.5 Å². The first-order valence-electron chi connectivity index (χ1n) is 14.1. The summed E-state index contributed by atoms with van der Waals surface area (Å²) < 4.78 is 125. The van der Waals surface area contributed by atoms with Gasteiger partial charge in [-0.3, -0.25) is 13.7 Å². The van der Waals surface area contributed by atoms with E-state index >= 15 is 0 Å². The first kappa shape index (κ1) is 38.5. The molecule has 274 valence electrons. The van der Waals surface area contributed by atoms with Crippen LogP contribution in [-0.4, -0.2) is 74.6 Å². The normalized spacial score (nSPS) is 12.7. The molecule has 0 aliphatic heterocycles. The van der Waals surface area contributed by atoms with Crippen LogP contribution in [0.4, 0.5) is 34.6 Å². The number of aromatic nitrogens is 3. The van der Waals surface area contributed by atoms with E-state index in [0.29, 0.717) is 28.7 Å². The minimum absolute atomic E-state index is 0.00329.